The molecular formula is C20H18N4O4. The fraction of sp³-hybridized carbons (Fsp3) is 0.200. The number of hydrogen-bond acceptors (Lipinski definition) is 6. The number of imide groups is 1. The van der Waals surface area contributed by atoms with Gasteiger partial charge in [-0.3, -0.25) is 14.6 Å². The summed E-state index contributed by atoms with van der Waals surface area (Å²) in [5.41, 5.74) is 1.35. The zero-order chi connectivity index (χ0) is 19.5. The monoisotopic (exact) mass is 378 g/mol. The highest BCUT2D eigenvalue weighted by atomic mass is 16.5. The molecule has 3 amide bonds. The molecule has 1 aromatic heterocycles. The first-order valence-corrected chi connectivity index (χ1v) is 8.89. The Morgan fingerprint density at radius 2 is 1.82 bits per heavy atom. The van der Waals surface area contributed by atoms with E-state index in [0.717, 1.165) is 4.90 Å². The topological polar surface area (TPSA) is 88.8 Å². The minimum atomic E-state index is -0.411. The number of rotatable bonds is 6. The Bertz CT molecular complexity index is 1000. The number of aromatic nitrogens is 2. The lowest BCUT2D eigenvalue weighted by Crippen LogP contribution is -2.32. The van der Waals surface area contributed by atoms with E-state index in [9.17, 15) is 9.59 Å². The van der Waals surface area contributed by atoms with Gasteiger partial charge in [0.1, 0.15) is 18.8 Å². The number of urea groups is 1. The third kappa shape index (κ3) is 3.32. The van der Waals surface area contributed by atoms with Crippen LogP contribution in [0.25, 0.3) is 11.4 Å². The molecule has 2 heterocycles. The summed E-state index contributed by atoms with van der Waals surface area (Å²) in [4.78, 5) is 31.9. The minimum Gasteiger partial charge on any atom is -0.493 e. The van der Waals surface area contributed by atoms with Crippen LogP contribution < -0.4 is 9.64 Å². The average molecular weight is 378 g/mol. The van der Waals surface area contributed by atoms with Gasteiger partial charge in [-0.05, 0) is 31.2 Å². The SMILES string of the molecule is CCOc1ccccc1-c1noc(CN2C(=O)CN(c3ccccc3)C2=O)n1. The van der Waals surface area contributed by atoms with E-state index in [0.29, 0.717) is 29.4 Å². The van der Waals surface area contributed by atoms with E-state index in [1.165, 1.54) is 4.90 Å². The zero-order valence-corrected chi connectivity index (χ0v) is 15.2. The van der Waals surface area contributed by atoms with Crippen LogP contribution in [0.4, 0.5) is 10.5 Å². The number of amides is 3. The average Bonchev–Trinajstić information content (AvgIpc) is 3.29. The summed E-state index contributed by atoms with van der Waals surface area (Å²) in [7, 11) is 0. The number of hydrogen-bond donors (Lipinski definition) is 0. The van der Waals surface area contributed by atoms with Crippen LogP contribution in [-0.2, 0) is 11.3 Å². The van der Waals surface area contributed by atoms with Crippen LogP contribution in [0, 0.1) is 0 Å². The molecule has 4 rings (SSSR count). The second-order valence-corrected chi connectivity index (χ2v) is 6.13. The third-order valence-corrected chi connectivity index (χ3v) is 4.31. The van der Waals surface area contributed by atoms with Crippen molar-refractivity contribution in [3.05, 3.63) is 60.5 Å². The molecule has 142 valence electrons. The normalized spacial score (nSPS) is 14.0. The van der Waals surface area contributed by atoms with Crippen molar-refractivity contribution >= 4 is 17.6 Å². The van der Waals surface area contributed by atoms with Crippen molar-refractivity contribution in [3.8, 4) is 17.1 Å². The van der Waals surface area contributed by atoms with Gasteiger partial charge in [-0.2, -0.15) is 4.98 Å². The maximum atomic E-state index is 12.7. The van der Waals surface area contributed by atoms with E-state index in [-0.39, 0.29) is 24.9 Å². The van der Waals surface area contributed by atoms with Gasteiger partial charge in [0.15, 0.2) is 0 Å². The molecule has 1 saturated heterocycles. The van der Waals surface area contributed by atoms with Gasteiger partial charge >= 0.3 is 6.03 Å². The minimum absolute atomic E-state index is 0.0169. The maximum Gasteiger partial charge on any atom is 0.332 e. The van der Waals surface area contributed by atoms with Gasteiger partial charge < -0.3 is 9.26 Å². The predicted octanol–water partition coefficient (Wildman–Crippen LogP) is 3.10. The summed E-state index contributed by atoms with van der Waals surface area (Å²) in [6.45, 7) is 2.30. The summed E-state index contributed by atoms with van der Waals surface area (Å²) < 4.78 is 10.9. The van der Waals surface area contributed by atoms with Crippen LogP contribution >= 0.6 is 0 Å². The Morgan fingerprint density at radius 3 is 2.61 bits per heavy atom. The molecule has 28 heavy (non-hydrogen) atoms. The van der Waals surface area contributed by atoms with Gasteiger partial charge in [0.05, 0.1) is 12.2 Å². The molecule has 0 atom stereocenters. The lowest BCUT2D eigenvalue weighted by molar-refractivity contribution is -0.125. The molecule has 1 aliphatic rings. The van der Waals surface area contributed by atoms with Gasteiger partial charge in [-0.25, -0.2) is 4.79 Å². The van der Waals surface area contributed by atoms with Crippen LogP contribution in [0.5, 0.6) is 5.75 Å². The quantitative estimate of drug-likeness (QED) is 0.613. The van der Waals surface area contributed by atoms with Crippen molar-refractivity contribution in [2.45, 2.75) is 13.5 Å². The molecule has 2 aromatic carbocycles. The van der Waals surface area contributed by atoms with Crippen LogP contribution in [0.1, 0.15) is 12.8 Å². The van der Waals surface area contributed by atoms with Crippen LogP contribution in [0.2, 0.25) is 0 Å². The largest absolute Gasteiger partial charge is 0.493 e. The second kappa shape index (κ2) is 7.51. The van der Waals surface area contributed by atoms with Gasteiger partial charge in [0.2, 0.25) is 11.7 Å². The number of carbonyl (C=O) groups excluding carboxylic acids is 2. The van der Waals surface area contributed by atoms with Crippen molar-refractivity contribution in [3.63, 3.8) is 0 Å². The number of carbonyl (C=O) groups is 2. The van der Waals surface area contributed by atoms with Gasteiger partial charge in [-0.15, -0.1) is 0 Å². The summed E-state index contributed by atoms with van der Waals surface area (Å²) in [5.74, 6) is 0.847. The molecule has 3 aromatic rings. The van der Waals surface area contributed by atoms with E-state index in [1.54, 1.807) is 12.1 Å². The molecular weight excluding hydrogens is 360 g/mol. The van der Waals surface area contributed by atoms with Crippen molar-refractivity contribution in [1.82, 2.24) is 15.0 Å². The van der Waals surface area contributed by atoms with E-state index in [1.807, 2.05) is 49.4 Å². The standard InChI is InChI=1S/C20H18N4O4/c1-2-27-16-11-7-6-10-15(16)19-21-17(28-22-19)12-24-18(25)13-23(20(24)26)14-8-4-3-5-9-14/h3-11H,2,12-13H2,1H3. The number of para-hydroxylation sites is 2. The van der Waals surface area contributed by atoms with Gasteiger partial charge in [0, 0.05) is 5.69 Å². The third-order valence-electron chi connectivity index (χ3n) is 4.31. The van der Waals surface area contributed by atoms with Gasteiger partial charge in [0.25, 0.3) is 5.91 Å². The number of nitrogens with zero attached hydrogens (tertiary/aromatic N) is 4. The number of anilines is 1. The fourth-order valence-electron chi connectivity index (χ4n) is 3.00. The predicted molar refractivity (Wildman–Crippen MR) is 101 cm³/mol. The molecule has 1 aliphatic heterocycles. The van der Waals surface area contributed by atoms with Crippen molar-refractivity contribution in [2.24, 2.45) is 0 Å². The molecule has 0 saturated carbocycles. The summed E-state index contributed by atoms with van der Waals surface area (Å²) in [5, 5.41) is 3.97. The van der Waals surface area contributed by atoms with Gasteiger partial charge in [-0.1, -0.05) is 35.5 Å². The highest BCUT2D eigenvalue weighted by molar-refractivity contribution is 6.12. The Hall–Kier alpha value is -3.68. The molecule has 0 bridgehead atoms. The van der Waals surface area contributed by atoms with Crippen molar-refractivity contribution in [1.29, 1.82) is 0 Å². The molecule has 0 spiro atoms. The highest BCUT2D eigenvalue weighted by Gasteiger charge is 2.37. The highest BCUT2D eigenvalue weighted by Crippen LogP contribution is 2.28. The smallest absolute Gasteiger partial charge is 0.332 e. The summed E-state index contributed by atoms with van der Waals surface area (Å²) in [6.07, 6.45) is 0. The lowest BCUT2D eigenvalue weighted by atomic mass is 10.2. The van der Waals surface area contributed by atoms with Crippen LogP contribution in [0.15, 0.2) is 59.1 Å². The first kappa shape index (κ1) is 17.7. The Kier molecular flexibility index (Phi) is 4.76. The maximum absolute atomic E-state index is 12.7. The number of benzene rings is 2. The van der Waals surface area contributed by atoms with E-state index >= 15 is 0 Å². The lowest BCUT2D eigenvalue weighted by Gasteiger charge is -2.15. The van der Waals surface area contributed by atoms with Crippen molar-refractivity contribution < 1.29 is 18.8 Å². The Morgan fingerprint density at radius 1 is 1.07 bits per heavy atom. The molecule has 8 nitrogen and oxygen atoms in total. The van der Waals surface area contributed by atoms with Crippen molar-refractivity contribution in [2.75, 3.05) is 18.1 Å². The van der Waals surface area contributed by atoms with Crippen LogP contribution in [0.3, 0.4) is 0 Å². The molecule has 0 N–H and O–H groups in total. The first-order chi connectivity index (χ1) is 13.7. The second-order valence-electron chi connectivity index (χ2n) is 6.13. The molecule has 1 fully saturated rings. The zero-order valence-electron chi connectivity index (χ0n) is 15.2. The molecule has 0 radical (unpaired) electrons. The Labute approximate surface area is 161 Å². The first-order valence-electron chi connectivity index (χ1n) is 8.89. The number of ether oxygens (including phenoxy) is 1. The summed E-state index contributed by atoms with van der Waals surface area (Å²) >= 11 is 0. The van der Waals surface area contributed by atoms with E-state index in [2.05, 4.69) is 10.1 Å². The summed E-state index contributed by atoms with van der Waals surface area (Å²) in [6, 6.07) is 16.0. The molecule has 0 aliphatic carbocycles. The molecule has 0 unspecified atom stereocenters. The molecule has 8 heteroatoms. The van der Waals surface area contributed by atoms with E-state index < -0.39 is 6.03 Å². The fourth-order valence-corrected chi connectivity index (χ4v) is 3.00. The van der Waals surface area contributed by atoms with Crippen LogP contribution in [-0.4, -0.2) is 40.1 Å². The van der Waals surface area contributed by atoms with E-state index in [4.69, 9.17) is 9.26 Å². The Balaban J connectivity index is 1.53.